The first-order valence-corrected chi connectivity index (χ1v) is 40.1. The van der Waals surface area contributed by atoms with Gasteiger partial charge in [0.2, 0.25) is 82.7 Å². The van der Waals surface area contributed by atoms with E-state index in [4.69, 9.17) is 28.0 Å². The van der Waals surface area contributed by atoms with E-state index in [0.29, 0.717) is 39.2 Å². The molecule has 1 aliphatic rings. The van der Waals surface area contributed by atoms with Gasteiger partial charge in [-0.2, -0.15) is 0 Å². The lowest BCUT2D eigenvalue weighted by molar-refractivity contribution is -0.143. The SMILES string of the molecule is CC[C@@H]1NC(=O)[C@H](Cc2ccccc2)NC(=O)CSC[C@@H](C(=O)NCC(N)=O)NC(=O)[C@H](Cc2cncn2C)NC(=O)[C@H](CCCNC(=N)N)NC(=O)[C@H](Cc2cnc[nH]2)NC(=O)[C@H](Cc2ccccc2)N(C)C(=O)[C@H](CCCNC(=N)N)NC(=O)[C@H](CO)NC(=O)CNC(=O)C(Cc2cnc[nH]2)NC(=O)[C@H](Cc2cccc3ccccc23)NC1=O. The quantitative estimate of drug-likeness (QED) is 0.0145. The standard InChI is InChI=1S/C79H104N26O15S/c1-4-53-69(112)99-57(30-48-22-13-21-47-20-11-12-23-52(47)48)72(115)100-58(31-49-34-85-42-92-49)67(110)91-38-65(108)95-61(39-106)75(118)98-55(25-15-27-89-79(83)84)77(120)105(3)63(29-46-18-9-6-10-19-46)76(119)102-59(32-50-35-86-43-93-50)73(116)97-54(24-14-26-88-78(81)82)70(113)101-60(33-51-36-87-44-104(51)2)74(117)103-62(68(111)90-37-64(80)107)40-121-41-66(109)94-56(71(114)96-53)28-45-16-7-5-8-17-45/h5-13,16-23,34-36,42-44,53-63,106H,4,14-15,24-33,37-41H2,1-3H3,(H2,80,107)(H,85,92)(H,86,93)(H,90,111)(H,91,110)(H,94,109)(H,95,108)(H,96,114)(H,97,116)(H,98,118)(H,99,112)(H,100,115)(H,101,113)(H,102,119)(H,103,117)(H4,81,82,88)(H4,83,84,89)/t53-,54-,55-,56-,57-,58?,59-,60-,61-,62-,63-/m0/s1. The monoisotopic (exact) mass is 1690 g/mol. The Hall–Kier alpha value is -13.8. The number of H-pyrrole nitrogens is 2. The molecule has 25 N–H and O–H groups in total. The van der Waals surface area contributed by atoms with Gasteiger partial charge in [0, 0.05) is 107 Å². The van der Waals surface area contributed by atoms with E-state index in [2.05, 4.69) is 99.4 Å². The first-order valence-electron chi connectivity index (χ1n) is 39.0. The molecule has 8 rings (SSSR count). The molecule has 1 fully saturated rings. The van der Waals surface area contributed by atoms with Crippen molar-refractivity contribution >= 4 is 117 Å². The third-order valence-corrected chi connectivity index (χ3v) is 20.6. The average molecular weight is 1690 g/mol. The molecule has 41 nitrogen and oxygen atoms in total. The topological polar surface area (TPSA) is 632 Å². The molecule has 0 bridgehead atoms. The van der Waals surface area contributed by atoms with Crippen molar-refractivity contribution in [1.82, 2.24) is 109 Å². The number of aromatic amines is 2. The van der Waals surface area contributed by atoms with Crippen LogP contribution in [0.15, 0.2) is 141 Å². The summed E-state index contributed by atoms with van der Waals surface area (Å²) in [6.07, 6.45) is 6.19. The number of rotatable bonds is 25. The Balaban J connectivity index is 1.19. The second-order valence-corrected chi connectivity index (χ2v) is 29.7. The fourth-order valence-corrected chi connectivity index (χ4v) is 13.9. The van der Waals surface area contributed by atoms with Crippen LogP contribution in [0.25, 0.3) is 10.8 Å². The van der Waals surface area contributed by atoms with Crippen molar-refractivity contribution < 1.29 is 72.2 Å². The van der Waals surface area contributed by atoms with Crippen LogP contribution in [0.2, 0.25) is 0 Å². The van der Waals surface area contributed by atoms with Crippen molar-refractivity contribution in [3.63, 3.8) is 0 Å². The molecule has 646 valence electrons. The molecular weight excluding hydrogens is 1590 g/mol. The number of thioether (sulfide) groups is 1. The van der Waals surface area contributed by atoms with E-state index in [9.17, 15) is 43.5 Å². The number of nitrogens with zero attached hydrogens (tertiary/aromatic N) is 5. The molecule has 1 aliphatic heterocycles. The van der Waals surface area contributed by atoms with Gasteiger partial charge in [0.25, 0.3) is 0 Å². The molecule has 1 saturated heterocycles. The summed E-state index contributed by atoms with van der Waals surface area (Å²) in [5, 5.41) is 64.5. The number of aliphatic hydroxyl groups is 1. The van der Waals surface area contributed by atoms with Crippen LogP contribution in [0.5, 0.6) is 0 Å². The minimum absolute atomic E-state index is 0.0157. The molecule has 0 radical (unpaired) electrons. The van der Waals surface area contributed by atoms with Crippen molar-refractivity contribution in [1.29, 1.82) is 10.8 Å². The average Bonchev–Trinajstić information content (AvgIpc) is 1.19. The molecule has 0 spiro atoms. The van der Waals surface area contributed by atoms with Gasteiger partial charge in [0.15, 0.2) is 11.9 Å². The maximum Gasteiger partial charge on any atom is 0.245 e. The smallest absolute Gasteiger partial charge is 0.245 e. The zero-order valence-corrected chi connectivity index (χ0v) is 67.7. The molecular formula is C79H104N26O15S. The summed E-state index contributed by atoms with van der Waals surface area (Å²) in [6, 6.07) is 12.2. The Kier molecular flexibility index (Phi) is 36.0. The first-order chi connectivity index (χ1) is 58.1. The molecule has 3 aromatic heterocycles. The van der Waals surface area contributed by atoms with Crippen LogP contribution in [0, 0.1) is 10.8 Å². The molecule has 4 heterocycles. The third-order valence-electron chi connectivity index (χ3n) is 19.6. The molecule has 0 saturated carbocycles. The fourth-order valence-electron chi connectivity index (χ4n) is 13.1. The number of aliphatic hydroxyl groups excluding tert-OH is 1. The van der Waals surface area contributed by atoms with Crippen LogP contribution in [0.1, 0.15) is 72.8 Å². The van der Waals surface area contributed by atoms with Crippen LogP contribution in [0.4, 0.5) is 0 Å². The van der Waals surface area contributed by atoms with Crippen molar-refractivity contribution in [3.8, 4) is 0 Å². The summed E-state index contributed by atoms with van der Waals surface area (Å²) in [6.45, 7) is -1.12. The Labute approximate surface area is 699 Å². The van der Waals surface area contributed by atoms with Crippen molar-refractivity contribution in [2.45, 2.75) is 144 Å². The maximum absolute atomic E-state index is 15.4. The second-order valence-electron chi connectivity index (χ2n) is 28.7. The van der Waals surface area contributed by atoms with Gasteiger partial charge < -0.3 is 116 Å². The molecule has 14 amide bonds. The highest BCUT2D eigenvalue weighted by atomic mass is 32.2. The Morgan fingerprint density at radius 1 is 0.504 bits per heavy atom. The number of carbonyl (C=O) groups is 14. The predicted octanol–water partition coefficient (Wildman–Crippen LogP) is -5.16. The lowest BCUT2D eigenvalue weighted by Gasteiger charge is -2.33. The number of primary amides is 1. The number of likely N-dealkylation sites (N-methyl/N-ethyl adjacent to an activating group) is 1. The van der Waals surface area contributed by atoms with E-state index >= 15 is 28.8 Å². The second kappa shape index (κ2) is 47.0. The highest BCUT2D eigenvalue weighted by Crippen LogP contribution is 2.22. The van der Waals surface area contributed by atoms with Gasteiger partial charge in [-0.1, -0.05) is 110 Å². The minimum atomic E-state index is -1.83. The molecule has 1 unspecified atom stereocenters. The predicted molar refractivity (Wildman–Crippen MR) is 444 cm³/mol. The van der Waals surface area contributed by atoms with Crippen molar-refractivity contribution in [2.24, 2.45) is 24.2 Å². The van der Waals surface area contributed by atoms with E-state index in [0.717, 1.165) is 22.0 Å². The number of amides is 14. The number of hydrogen-bond donors (Lipinski definition) is 22. The summed E-state index contributed by atoms with van der Waals surface area (Å²) >= 11 is 0.806. The highest BCUT2D eigenvalue weighted by Gasteiger charge is 2.39. The number of benzene rings is 4. The summed E-state index contributed by atoms with van der Waals surface area (Å²) < 4.78 is 1.54. The molecule has 42 heteroatoms. The lowest BCUT2D eigenvalue weighted by Crippen LogP contribution is -2.61. The van der Waals surface area contributed by atoms with Crippen LogP contribution in [-0.4, -0.2) is 252 Å². The van der Waals surface area contributed by atoms with Gasteiger partial charge in [-0.05, 0) is 59.6 Å². The van der Waals surface area contributed by atoms with Gasteiger partial charge in [-0.3, -0.25) is 77.9 Å². The Morgan fingerprint density at radius 2 is 0.992 bits per heavy atom. The summed E-state index contributed by atoms with van der Waals surface area (Å²) in [5.74, 6) is -15.1. The number of carbonyl (C=O) groups excluding carboxylic acids is 14. The molecule has 7 aromatic rings. The zero-order valence-electron chi connectivity index (χ0n) is 66.9. The van der Waals surface area contributed by atoms with Crippen molar-refractivity contribution in [3.05, 3.63) is 174 Å². The molecule has 0 aliphatic carbocycles. The zero-order chi connectivity index (χ0) is 87.5. The summed E-state index contributed by atoms with van der Waals surface area (Å²) in [4.78, 5) is 223. The molecule has 4 aromatic carbocycles. The van der Waals surface area contributed by atoms with Crippen LogP contribution in [-0.2, 0) is 113 Å². The number of guanidine groups is 2. The van der Waals surface area contributed by atoms with E-state index in [1.54, 1.807) is 97.4 Å². The number of nitrogens with two attached hydrogens (primary N) is 3. The van der Waals surface area contributed by atoms with Crippen LogP contribution in [0.3, 0.4) is 0 Å². The normalized spacial score (nSPS) is 21.8. The highest BCUT2D eigenvalue weighted by molar-refractivity contribution is 8.00. The van der Waals surface area contributed by atoms with E-state index in [-0.39, 0.29) is 83.7 Å². The number of aromatic nitrogens is 6. The first kappa shape index (κ1) is 92.7. The minimum Gasteiger partial charge on any atom is -0.394 e. The molecule has 11 atom stereocenters. The van der Waals surface area contributed by atoms with Gasteiger partial charge in [0.05, 0.1) is 44.4 Å². The largest absolute Gasteiger partial charge is 0.394 e. The summed E-state index contributed by atoms with van der Waals surface area (Å²) in [7, 11) is 2.86. The van der Waals surface area contributed by atoms with Gasteiger partial charge >= 0.3 is 0 Å². The Bertz CT molecular complexity index is 4730. The number of imidazole rings is 3. The Morgan fingerprint density at radius 3 is 1.56 bits per heavy atom. The van der Waals surface area contributed by atoms with Gasteiger partial charge in [0.1, 0.15) is 66.5 Å². The van der Waals surface area contributed by atoms with Gasteiger partial charge in [-0.15, -0.1) is 11.8 Å². The fraction of sp³-hybridized carbons (Fsp3) is 0.405. The van der Waals surface area contributed by atoms with Crippen molar-refractivity contribution in [2.75, 3.05) is 51.3 Å². The number of fused-ring (bicyclic) bond motifs is 1. The van der Waals surface area contributed by atoms with E-state index < -0.39 is 192 Å². The summed E-state index contributed by atoms with van der Waals surface area (Å²) in [5.41, 5.74) is 19.3. The van der Waals surface area contributed by atoms with Crippen LogP contribution < -0.4 is 91.6 Å². The number of aryl methyl sites for hydroxylation is 1. The maximum atomic E-state index is 15.4. The van der Waals surface area contributed by atoms with E-state index in [1.165, 1.54) is 44.6 Å². The third kappa shape index (κ3) is 29.7. The number of hydrogen-bond acceptors (Lipinski definition) is 21. The number of nitrogens with one attached hydrogen (secondary N) is 18. The lowest BCUT2D eigenvalue weighted by atomic mass is 9.97. The van der Waals surface area contributed by atoms with E-state index in [1.807, 2.05) is 24.3 Å². The van der Waals surface area contributed by atoms with Crippen LogP contribution >= 0.6 is 11.8 Å². The molecule has 121 heavy (non-hydrogen) atoms. The van der Waals surface area contributed by atoms with Gasteiger partial charge in [-0.25, -0.2) is 15.0 Å².